The minimum Gasteiger partial charge on any atom is -0.502 e. The molecule has 0 aliphatic rings. The van der Waals surface area contributed by atoms with Gasteiger partial charge in [-0.15, -0.1) is 0 Å². The van der Waals surface area contributed by atoms with Crippen LogP contribution in [0.1, 0.15) is 5.56 Å². The summed E-state index contributed by atoms with van der Waals surface area (Å²) in [6, 6.07) is 19.7. The fraction of sp³-hybridized carbons (Fsp3) is 0.0526. The second-order valence-electron chi connectivity index (χ2n) is 5.45. The van der Waals surface area contributed by atoms with E-state index in [9.17, 15) is 15.2 Å². The van der Waals surface area contributed by atoms with Crippen LogP contribution in [0.5, 0.6) is 5.75 Å². The first-order chi connectivity index (χ1) is 12.5. The van der Waals surface area contributed by atoms with Crippen LogP contribution in [0.2, 0.25) is 5.02 Å². The predicted molar refractivity (Wildman–Crippen MR) is 104 cm³/mol. The van der Waals surface area contributed by atoms with Gasteiger partial charge in [0.25, 0.3) is 0 Å². The third kappa shape index (κ3) is 4.28. The molecular weight excluding hydrogens is 372 g/mol. The van der Waals surface area contributed by atoms with Crippen molar-refractivity contribution in [1.82, 2.24) is 0 Å². The summed E-state index contributed by atoms with van der Waals surface area (Å²) in [6.45, 7) is 0.482. The molecule has 0 unspecified atom stereocenters. The molecule has 0 radical (unpaired) electrons. The maximum atomic E-state index is 10.9. The van der Waals surface area contributed by atoms with Gasteiger partial charge in [0.05, 0.1) is 9.95 Å². The molecule has 26 heavy (non-hydrogen) atoms. The summed E-state index contributed by atoms with van der Waals surface area (Å²) in [5, 5.41) is 24.3. The molecule has 0 heterocycles. The van der Waals surface area contributed by atoms with Crippen LogP contribution in [0.3, 0.4) is 0 Å². The van der Waals surface area contributed by atoms with Crippen LogP contribution in [-0.4, -0.2) is 10.0 Å². The SMILES string of the molecule is O=[N+]([O-])c1cc(NCc2ccccc2Sc2ccccc2Cl)ccc1O. The lowest BCUT2D eigenvalue weighted by Crippen LogP contribution is -2.01. The molecule has 3 aromatic carbocycles. The van der Waals surface area contributed by atoms with Crippen LogP contribution in [0.4, 0.5) is 11.4 Å². The number of hydrogen-bond donors (Lipinski definition) is 2. The van der Waals surface area contributed by atoms with Crippen molar-refractivity contribution >= 4 is 34.7 Å². The molecule has 0 spiro atoms. The predicted octanol–water partition coefficient (Wildman–Crippen LogP) is 5.72. The fourth-order valence-electron chi connectivity index (χ4n) is 2.37. The van der Waals surface area contributed by atoms with Crippen molar-refractivity contribution < 1.29 is 10.0 Å². The molecule has 3 aromatic rings. The number of phenols is 1. The summed E-state index contributed by atoms with van der Waals surface area (Å²) < 4.78 is 0. The van der Waals surface area contributed by atoms with E-state index in [2.05, 4.69) is 5.32 Å². The number of anilines is 1. The fourth-order valence-corrected chi connectivity index (χ4v) is 3.59. The van der Waals surface area contributed by atoms with E-state index in [1.807, 2.05) is 48.5 Å². The Morgan fingerprint density at radius 3 is 2.46 bits per heavy atom. The molecule has 0 aromatic heterocycles. The molecule has 5 nitrogen and oxygen atoms in total. The maximum Gasteiger partial charge on any atom is 0.312 e. The first-order valence-electron chi connectivity index (χ1n) is 7.76. The van der Waals surface area contributed by atoms with E-state index < -0.39 is 4.92 Å². The number of rotatable bonds is 6. The first kappa shape index (κ1) is 18.1. The molecule has 2 N–H and O–H groups in total. The van der Waals surface area contributed by atoms with E-state index >= 15 is 0 Å². The van der Waals surface area contributed by atoms with E-state index in [-0.39, 0.29) is 11.4 Å². The van der Waals surface area contributed by atoms with E-state index in [1.165, 1.54) is 12.1 Å². The van der Waals surface area contributed by atoms with E-state index in [0.29, 0.717) is 17.3 Å². The third-order valence-electron chi connectivity index (χ3n) is 3.68. The number of halogens is 1. The standard InChI is InChI=1S/C19H15ClN2O3S/c20-15-6-2-4-8-19(15)26-18-7-3-1-5-13(18)12-21-14-9-10-17(23)16(11-14)22(24)25/h1-11,21,23H,12H2. The average molecular weight is 387 g/mol. The number of nitro groups is 1. The van der Waals surface area contributed by atoms with Crippen molar-refractivity contribution in [2.24, 2.45) is 0 Å². The lowest BCUT2D eigenvalue weighted by Gasteiger charge is -2.12. The molecule has 0 saturated carbocycles. The minimum absolute atomic E-state index is 0.325. The highest BCUT2D eigenvalue weighted by atomic mass is 35.5. The normalized spacial score (nSPS) is 10.5. The van der Waals surface area contributed by atoms with Gasteiger partial charge in [-0.1, -0.05) is 53.7 Å². The summed E-state index contributed by atoms with van der Waals surface area (Å²) in [5.41, 5.74) is 1.27. The van der Waals surface area contributed by atoms with Crippen LogP contribution >= 0.6 is 23.4 Å². The molecule has 0 saturated heterocycles. The number of nitrogens with zero attached hydrogens (tertiary/aromatic N) is 1. The zero-order valence-corrected chi connectivity index (χ0v) is 15.1. The molecular formula is C19H15ClN2O3S. The Morgan fingerprint density at radius 2 is 1.73 bits per heavy atom. The van der Waals surface area contributed by atoms with Crippen molar-refractivity contribution in [3.63, 3.8) is 0 Å². The summed E-state index contributed by atoms with van der Waals surface area (Å²) >= 11 is 7.80. The number of nitro benzene ring substituents is 1. The van der Waals surface area contributed by atoms with Crippen LogP contribution in [0, 0.1) is 10.1 Å². The number of aromatic hydroxyl groups is 1. The largest absolute Gasteiger partial charge is 0.502 e. The molecule has 7 heteroatoms. The summed E-state index contributed by atoms with van der Waals surface area (Å²) in [7, 11) is 0. The van der Waals surface area contributed by atoms with E-state index in [1.54, 1.807) is 17.8 Å². The zero-order chi connectivity index (χ0) is 18.5. The van der Waals surface area contributed by atoms with Gasteiger partial charge >= 0.3 is 5.69 Å². The Balaban J connectivity index is 1.78. The lowest BCUT2D eigenvalue weighted by molar-refractivity contribution is -0.385. The first-order valence-corrected chi connectivity index (χ1v) is 8.95. The molecule has 0 amide bonds. The number of nitrogens with one attached hydrogen (secondary N) is 1. The summed E-state index contributed by atoms with van der Waals surface area (Å²) in [4.78, 5) is 12.3. The molecule has 0 fully saturated rings. The molecule has 0 atom stereocenters. The second kappa shape index (κ2) is 8.12. The molecule has 0 aliphatic heterocycles. The number of benzene rings is 3. The highest BCUT2D eigenvalue weighted by Crippen LogP contribution is 2.35. The molecule has 132 valence electrons. The zero-order valence-electron chi connectivity index (χ0n) is 13.6. The van der Waals surface area contributed by atoms with Crippen LogP contribution in [0.25, 0.3) is 0 Å². The van der Waals surface area contributed by atoms with Gasteiger partial charge < -0.3 is 10.4 Å². The lowest BCUT2D eigenvalue weighted by atomic mass is 10.2. The van der Waals surface area contributed by atoms with Gasteiger partial charge in [-0.3, -0.25) is 10.1 Å². The van der Waals surface area contributed by atoms with Crippen molar-refractivity contribution in [3.05, 3.63) is 87.4 Å². The van der Waals surface area contributed by atoms with Crippen molar-refractivity contribution in [1.29, 1.82) is 0 Å². The molecule has 0 aliphatic carbocycles. The second-order valence-corrected chi connectivity index (χ2v) is 6.95. The van der Waals surface area contributed by atoms with Gasteiger partial charge in [0.2, 0.25) is 0 Å². The molecule has 0 bridgehead atoms. The van der Waals surface area contributed by atoms with Gasteiger partial charge in [0.15, 0.2) is 5.75 Å². The van der Waals surface area contributed by atoms with Gasteiger partial charge in [-0.05, 0) is 35.9 Å². The maximum absolute atomic E-state index is 10.9. The number of phenolic OH excluding ortho intramolecular Hbond substituents is 1. The van der Waals surface area contributed by atoms with Gasteiger partial charge in [0, 0.05) is 28.1 Å². The molecule has 3 rings (SSSR count). The van der Waals surface area contributed by atoms with E-state index in [0.717, 1.165) is 15.4 Å². The topological polar surface area (TPSA) is 75.4 Å². The monoisotopic (exact) mass is 386 g/mol. The minimum atomic E-state index is -0.609. The summed E-state index contributed by atoms with van der Waals surface area (Å²) in [5.74, 6) is -0.352. The van der Waals surface area contributed by atoms with Crippen LogP contribution in [0.15, 0.2) is 76.5 Å². The Labute approximate surface area is 159 Å². The van der Waals surface area contributed by atoms with Gasteiger partial charge in [-0.2, -0.15) is 0 Å². The Kier molecular flexibility index (Phi) is 5.65. The number of hydrogen-bond acceptors (Lipinski definition) is 5. The van der Waals surface area contributed by atoms with Gasteiger partial charge in [-0.25, -0.2) is 0 Å². The highest BCUT2D eigenvalue weighted by Gasteiger charge is 2.14. The summed E-state index contributed by atoms with van der Waals surface area (Å²) in [6.07, 6.45) is 0. The van der Waals surface area contributed by atoms with Crippen molar-refractivity contribution in [2.75, 3.05) is 5.32 Å². The van der Waals surface area contributed by atoms with Gasteiger partial charge in [0.1, 0.15) is 0 Å². The Hall–Kier alpha value is -2.70. The Morgan fingerprint density at radius 1 is 1.04 bits per heavy atom. The highest BCUT2D eigenvalue weighted by molar-refractivity contribution is 7.99. The quantitative estimate of drug-likeness (QED) is 0.322. The van der Waals surface area contributed by atoms with Crippen molar-refractivity contribution in [3.8, 4) is 5.75 Å². The van der Waals surface area contributed by atoms with Crippen LogP contribution in [-0.2, 0) is 6.54 Å². The smallest absolute Gasteiger partial charge is 0.312 e. The van der Waals surface area contributed by atoms with Crippen LogP contribution < -0.4 is 5.32 Å². The average Bonchev–Trinajstić information content (AvgIpc) is 2.63. The van der Waals surface area contributed by atoms with Crippen molar-refractivity contribution in [2.45, 2.75) is 16.3 Å². The van der Waals surface area contributed by atoms with E-state index in [4.69, 9.17) is 11.6 Å². The Bertz CT molecular complexity index is 950. The third-order valence-corrected chi connectivity index (χ3v) is 5.32.